The van der Waals surface area contributed by atoms with E-state index < -0.39 is 11.7 Å². The van der Waals surface area contributed by atoms with Crippen LogP contribution in [0.15, 0.2) is 54.6 Å². The van der Waals surface area contributed by atoms with Gasteiger partial charge >= 0.3 is 6.18 Å². The Balaban J connectivity index is 1.72. The van der Waals surface area contributed by atoms with Crippen LogP contribution in [0.3, 0.4) is 0 Å². The third kappa shape index (κ3) is 4.29. The average Bonchev–Trinajstić information content (AvgIpc) is 3.05. The van der Waals surface area contributed by atoms with E-state index in [4.69, 9.17) is 4.74 Å². The SMILES string of the molecule is CCn1nc(-c2ccc(C(F)(F)F)cc2)nc1COCc1ccccc1. The Morgan fingerprint density at radius 2 is 1.65 bits per heavy atom. The maximum absolute atomic E-state index is 12.7. The molecule has 0 saturated heterocycles. The molecule has 1 aromatic heterocycles. The minimum Gasteiger partial charge on any atom is -0.369 e. The average molecular weight is 361 g/mol. The summed E-state index contributed by atoms with van der Waals surface area (Å²) in [4.78, 5) is 4.42. The second kappa shape index (κ2) is 7.70. The van der Waals surface area contributed by atoms with Gasteiger partial charge in [-0.15, -0.1) is 0 Å². The van der Waals surface area contributed by atoms with Gasteiger partial charge < -0.3 is 4.74 Å². The van der Waals surface area contributed by atoms with Crippen molar-refractivity contribution in [2.75, 3.05) is 0 Å². The van der Waals surface area contributed by atoms with E-state index in [9.17, 15) is 13.2 Å². The molecule has 0 unspecified atom stereocenters. The summed E-state index contributed by atoms with van der Waals surface area (Å²) in [5.41, 5.74) is 0.898. The standard InChI is InChI=1S/C19H18F3N3O/c1-2-25-17(13-26-12-14-6-4-3-5-7-14)23-18(24-25)15-8-10-16(11-9-15)19(20,21)22/h3-11H,2,12-13H2,1H3. The van der Waals surface area contributed by atoms with Crippen molar-refractivity contribution < 1.29 is 17.9 Å². The first-order valence-corrected chi connectivity index (χ1v) is 8.20. The molecule has 0 aliphatic carbocycles. The van der Waals surface area contributed by atoms with E-state index in [1.54, 1.807) is 4.68 Å². The third-order valence-electron chi connectivity index (χ3n) is 3.86. The number of hydrogen-bond donors (Lipinski definition) is 0. The first-order chi connectivity index (χ1) is 12.5. The molecule has 4 nitrogen and oxygen atoms in total. The molecule has 26 heavy (non-hydrogen) atoms. The summed E-state index contributed by atoms with van der Waals surface area (Å²) in [7, 11) is 0. The summed E-state index contributed by atoms with van der Waals surface area (Å²) >= 11 is 0. The van der Waals surface area contributed by atoms with Gasteiger partial charge in [0, 0.05) is 12.1 Å². The van der Waals surface area contributed by atoms with E-state index in [0.717, 1.165) is 17.7 Å². The molecule has 0 fully saturated rings. The minimum absolute atomic E-state index is 0.274. The topological polar surface area (TPSA) is 39.9 Å². The van der Waals surface area contributed by atoms with Gasteiger partial charge in [0.25, 0.3) is 0 Å². The number of benzene rings is 2. The van der Waals surface area contributed by atoms with E-state index >= 15 is 0 Å². The molecule has 0 radical (unpaired) electrons. The maximum atomic E-state index is 12.7. The Hall–Kier alpha value is -2.67. The molecular formula is C19H18F3N3O. The summed E-state index contributed by atoms with van der Waals surface area (Å²) in [6.07, 6.45) is -4.36. The van der Waals surface area contributed by atoms with Crippen LogP contribution in [-0.4, -0.2) is 14.8 Å². The van der Waals surface area contributed by atoms with Crippen molar-refractivity contribution in [1.29, 1.82) is 0 Å². The Labute approximate surface area is 149 Å². The molecule has 1 heterocycles. The molecule has 3 rings (SSSR count). The molecule has 3 aromatic rings. The zero-order valence-electron chi connectivity index (χ0n) is 14.2. The van der Waals surface area contributed by atoms with Crippen LogP contribution in [0, 0.1) is 0 Å². The molecule has 7 heteroatoms. The van der Waals surface area contributed by atoms with Crippen molar-refractivity contribution in [3.05, 3.63) is 71.5 Å². The van der Waals surface area contributed by atoms with E-state index in [1.807, 2.05) is 37.3 Å². The fraction of sp³-hybridized carbons (Fsp3) is 0.263. The maximum Gasteiger partial charge on any atom is 0.416 e. The van der Waals surface area contributed by atoms with Crippen molar-refractivity contribution in [3.63, 3.8) is 0 Å². The summed E-state index contributed by atoms with van der Waals surface area (Å²) in [5.74, 6) is 1.03. The van der Waals surface area contributed by atoms with Crippen LogP contribution >= 0.6 is 0 Å². The first kappa shape index (κ1) is 18.1. The van der Waals surface area contributed by atoms with Crippen molar-refractivity contribution in [2.45, 2.75) is 32.9 Å². The predicted octanol–water partition coefficient (Wildman–Crippen LogP) is 4.70. The van der Waals surface area contributed by atoms with Gasteiger partial charge in [-0.3, -0.25) is 0 Å². The molecule has 0 aliphatic heterocycles. The number of ether oxygens (including phenoxy) is 1. The van der Waals surface area contributed by atoms with Crippen molar-refractivity contribution in [2.24, 2.45) is 0 Å². The van der Waals surface area contributed by atoms with Crippen LogP contribution < -0.4 is 0 Å². The number of hydrogen-bond acceptors (Lipinski definition) is 3. The minimum atomic E-state index is -4.36. The van der Waals surface area contributed by atoms with Gasteiger partial charge in [0.15, 0.2) is 11.6 Å². The lowest BCUT2D eigenvalue weighted by Gasteiger charge is -2.06. The number of halogens is 3. The molecule has 136 valence electrons. The monoisotopic (exact) mass is 361 g/mol. The molecule has 0 bridgehead atoms. The van der Waals surface area contributed by atoms with Crippen LogP contribution in [0.4, 0.5) is 13.2 Å². The van der Waals surface area contributed by atoms with Crippen LogP contribution in [0.5, 0.6) is 0 Å². The third-order valence-corrected chi connectivity index (χ3v) is 3.86. The predicted molar refractivity (Wildman–Crippen MR) is 91.1 cm³/mol. The Kier molecular flexibility index (Phi) is 5.37. The fourth-order valence-corrected chi connectivity index (χ4v) is 2.50. The quantitative estimate of drug-likeness (QED) is 0.639. The van der Waals surface area contributed by atoms with Crippen molar-refractivity contribution >= 4 is 0 Å². The number of rotatable bonds is 6. The largest absolute Gasteiger partial charge is 0.416 e. The lowest BCUT2D eigenvalue weighted by atomic mass is 10.1. The normalized spacial score (nSPS) is 11.7. The summed E-state index contributed by atoms with van der Waals surface area (Å²) in [6.45, 7) is 3.24. The highest BCUT2D eigenvalue weighted by Gasteiger charge is 2.30. The second-order valence-corrected chi connectivity index (χ2v) is 5.72. The summed E-state index contributed by atoms with van der Waals surface area (Å²) < 4.78 is 45.4. The van der Waals surface area contributed by atoms with Gasteiger partial charge in [0.1, 0.15) is 6.61 Å². The molecule has 0 spiro atoms. The number of nitrogens with zero attached hydrogens (tertiary/aromatic N) is 3. The van der Waals surface area contributed by atoms with Gasteiger partial charge in [0.05, 0.1) is 12.2 Å². The van der Waals surface area contributed by atoms with Crippen molar-refractivity contribution in [3.8, 4) is 11.4 Å². The molecule has 0 saturated carbocycles. The fourth-order valence-electron chi connectivity index (χ4n) is 2.50. The molecular weight excluding hydrogens is 343 g/mol. The van der Waals surface area contributed by atoms with Gasteiger partial charge in [-0.05, 0) is 24.6 Å². The van der Waals surface area contributed by atoms with Crippen LogP contribution in [-0.2, 0) is 30.7 Å². The molecule has 0 atom stereocenters. The van der Waals surface area contributed by atoms with E-state index in [1.165, 1.54) is 12.1 Å². The van der Waals surface area contributed by atoms with Crippen LogP contribution in [0.25, 0.3) is 11.4 Å². The number of aryl methyl sites for hydroxylation is 1. The van der Waals surface area contributed by atoms with Gasteiger partial charge in [-0.1, -0.05) is 42.5 Å². The second-order valence-electron chi connectivity index (χ2n) is 5.72. The zero-order chi connectivity index (χ0) is 18.6. The van der Waals surface area contributed by atoms with E-state index in [0.29, 0.717) is 30.4 Å². The summed E-state index contributed by atoms with van der Waals surface area (Å²) in [6, 6.07) is 14.6. The van der Waals surface area contributed by atoms with Gasteiger partial charge in [-0.2, -0.15) is 18.3 Å². The highest BCUT2D eigenvalue weighted by atomic mass is 19.4. The van der Waals surface area contributed by atoms with Crippen LogP contribution in [0.2, 0.25) is 0 Å². The zero-order valence-corrected chi connectivity index (χ0v) is 14.2. The highest BCUT2D eigenvalue weighted by Crippen LogP contribution is 2.30. The van der Waals surface area contributed by atoms with Gasteiger partial charge in [-0.25, -0.2) is 9.67 Å². The molecule has 0 aliphatic rings. The van der Waals surface area contributed by atoms with E-state index in [2.05, 4.69) is 10.1 Å². The lowest BCUT2D eigenvalue weighted by molar-refractivity contribution is -0.137. The van der Waals surface area contributed by atoms with Crippen molar-refractivity contribution in [1.82, 2.24) is 14.8 Å². The highest BCUT2D eigenvalue weighted by molar-refractivity contribution is 5.55. The number of aromatic nitrogens is 3. The Morgan fingerprint density at radius 3 is 2.27 bits per heavy atom. The molecule has 0 N–H and O–H groups in total. The molecule has 2 aromatic carbocycles. The Morgan fingerprint density at radius 1 is 0.962 bits per heavy atom. The molecule has 0 amide bonds. The Bertz CT molecular complexity index is 843. The van der Waals surface area contributed by atoms with E-state index in [-0.39, 0.29) is 6.61 Å². The van der Waals surface area contributed by atoms with Crippen LogP contribution in [0.1, 0.15) is 23.9 Å². The van der Waals surface area contributed by atoms with Gasteiger partial charge in [0.2, 0.25) is 0 Å². The summed E-state index contributed by atoms with van der Waals surface area (Å²) in [5, 5.41) is 4.36. The number of alkyl halides is 3. The lowest BCUT2D eigenvalue weighted by Crippen LogP contribution is -2.05. The smallest absolute Gasteiger partial charge is 0.369 e. The first-order valence-electron chi connectivity index (χ1n) is 8.20.